The minimum Gasteiger partial charge on any atom is -0.344 e. The Bertz CT molecular complexity index is 289. The molecule has 0 aromatic carbocycles. The van der Waals surface area contributed by atoms with Crippen molar-refractivity contribution < 1.29 is 9.59 Å². The Balaban J connectivity index is 2.85. The summed E-state index contributed by atoms with van der Waals surface area (Å²) in [5.74, 6) is -0.0223. The fourth-order valence-electron chi connectivity index (χ4n) is 2.00. The highest BCUT2D eigenvalue weighted by Gasteiger charge is 2.32. The molecule has 1 aliphatic rings. The van der Waals surface area contributed by atoms with E-state index in [1.165, 1.54) is 0 Å². The van der Waals surface area contributed by atoms with Gasteiger partial charge < -0.3 is 10.2 Å². The third-order valence-corrected chi connectivity index (χ3v) is 2.83. The van der Waals surface area contributed by atoms with Crippen LogP contribution in [0.3, 0.4) is 0 Å². The second-order valence-corrected chi connectivity index (χ2v) is 4.24. The third kappa shape index (κ3) is 2.84. The lowest BCUT2D eigenvalue weighted by Gasteiger charge is -2.27. The lowest BCUT2D eigenvalue weighted by molar-refractivity contribution is -0.134. The van der Waals surface area contributed by atoms with Crippen molar-refractivity contribution in [3.8, 4) is 0 Å². The van der Waals surface area contributed by atoms with E-state index in [0.717, 1.165) is 6.42 Å². The molecule has 0 radical (unpaired) electrons. The number of nitrogens with one attached hydrogen (secondary N) is 1. The fourth-order valence-corrected chi connectivity index (χ4v) is 2.00. The van der Waals surface area contributed by atoms with Gasteiger partial charge in [0, 0.05) is 19.0 Å². The monoisotopic (exact) mass is 224 g/mol. The molecule has 1 aliphatic heterocycles. The van der Waals surface area contributed by atoms with Crippen molar-refractivity contribution in [3.63, 3.8) is 0 Å². The van der Waals surface area contributed by atoms with E-state index in [1.807, 2.05) is 13.8 Å². The van der Waals surface area contributed by atoms with Crippen molar-refractivity contribution in [2.24, 2.45) is 0 Å². The van der Waals surface area contributed by atoms with E-state index < -0.39 is 0 Å². The van der Waals surface area contributed by atoms with Gasteiger partial charge in [-0.3, -0.25) is 9.59 Å². The van der Waals surface area contributed by atoms with Crippen LogP contribution in [0.25, 0.3) is 0 Å². The van der Waals surface area contributed by atoms with E-state index in [0.29, 0.717) is 19.4 Å². The van der Waals surface area contributed by atoms with Gasteiger partial charge in [0.2, 0.25) is 11.8 Å². The van der Waals surface area contributed by atoms with Crippen LogP contribution in [0.1, 0.15) is 33.1 Å². The minimum absolute atomic E-state index is 0.0140. The summed E-state index contributed by atoms with van der Waals surface area (Å²) in [6.45, 7) is 8.06. The van der Waals surface area contributed by atoms with Crippen molar-refractivity contribution in [2.75, 3.05) is 6.54 Å². The molecule has 0 spiro atoms. The standard InChI is InChI=1S/C12H20N2O2/c1-4-6-10-12(16)14(7-5-2)9(3)8-11(15)13-10/h5,9-10H,2,4,6-8H2,1,3H3,(H,13,15). The zero-order chi connectivity index (χ0) is 12.1. The average Bonchev–Trinajstić information content (AvgIpc) is 2.31. The van der Waals surface area contributed by atoms with Crippen molar-refractivity contribution in [1.82, 2.24) is 10.2 Å². The molecule has 2 unspecified atom stereocenters. The number of nitrogens with zero attached hydrogens (tertiary/aromatic N) is 1. The molecule has 4 nitrogen and oxygen atoms in total. The maximum Gasteiger partial charge on any atom is 0.245 e. The third-order valence-electron chi connectivity index (χ3n) is 2.83. The SMILES string of the molecule is C=CCN1C(=O)C(CCC)NC(=O)CC1C. The van der Waals surface area contributed by atoms with Gasteiger partial charge in [-0.05, 0) is 13.3 Å². The van der Waals surface area contributed by atoms with Crippen LogP contribution < -0.4 is 5.32 Å². The van der Waals surface area contributed by atoms with E-state index in [9.17, 15) is 9.59 Å². The maximum absolute atomic E-state index is 12.1. The average molecular weight is 224 g/mol. The molecule has 0 bridgehead atoms. The molecule has 4 heteroatoms. The molecule has 0 aliphatic carbocycles. The highest BCUT2D eigenvalue weighted by Crippen LogP contribution is 2.13. The van der Waals surface area contributed by atoms with Crippen LogP contribution in [-0.4, -0.2) is 35.3 Å². The number of hydrogen-bond donors (Lipinski definition) is 1. The van der Waals surface area contributed by atoms with Crippen LogP contribution in [0, 0.1) is 0 Å². The van der Waals surface area contributed by atoms with Crippen LogP contribution in [0.15, 0.2) is 12.7 Å². The Kier molecular flexibility index (Phi) is 4.52. The second-order valence-electron chi connectivity index (χ2n) is 4.24. The Labute approximate surface area is 96.7 Å². The van der Waals surface area contributed by atoms with Crippen molar-refractivity contribution >= 4 is 11.8 Å². The predicted molar refractivity (Wildman–Crippen MR) is 62.8 cm³/mol. The summed E-state index contributed by atoms with van der Waals surface area (Å²) < 4.78 is 0. The van der Waals surface area contributed by atoms with Crippen LogP contribution in [0.4, 0.5) is 0 Å². The Morgan fingerprint density at radius 1 is 1.56 bits per heavy atom. The summed E-state index contributed by atoms with van der Waals surface area (Å²) >= 11 is 0. The summed E-state index contributed by atoms with van der Waals surface area (Å²) in [5, 5.41) is 2.78. The summed E-state index contributed by atoms with van der Waals surface area (Å²) in [4.78, 5) is 25.4. The molecule has 2 amide bonds. The van der Waals surface area contributed by atoms with Gasteiger partial charge in [-0.2, -0.15) is 0 Å². The van der Waals surface area contributed by atoms with Gasteiger partial charge in [-0.25, -0.2) is 0 Å². The normalized spacial score (nSPS) is 26.2. The van der Waals surface area contributed by atoms with Gasteiger partial charge in [0.05, 0.1) is 0 Å². The van der Waals surface area contributed by atoms with Crippen molar-refractivity contribution in [3.05, 3.63) is 12.7 Å². The van der Waals surface area contributed by atoms with Crippen LogP contribution in [-0.2, 0) is 9.59 Å². The van der Waals surface area contributed by atoms with Crippen LogP contribution in [0.5, 0.6) is 0 Å². The summed E-state index contributed by atoms with van der Waals surface area (Å²) in [7, 11) is 0. The molecule has 1 rings (SSSR count). The highest BCUT2D eigenvalue weighted by atomic mass is 16.2. The first-order chi connectivity index (χ1) is 7.60. The van der Waals surface area contributed by atoms with E-state index in [2.05, 4.69) is 11.9 Å². The molecule has 1 fully saturated rings. The van der Waals surface area contributed by atoms with E-state index in [4.69, 9.17) is 0 Å². The van der Waals surface area contributed by atoms with Gasteiger partial charge in [0.1, 0.15) is 6.04 Å². The lowest BCUT2D eigenvalue weighted by Crippen LogP contribution is -2.46. The van der Waals surface area contributed by atoms with E-state index >= 15 is 0 Å². The molecule has 1 N–H and O–H groups in total. The molecule has 1 saturated heterocycles. The first-order valence-electron chi connectivity index (χ1n) is 5.80. The van der Waals surface area contributed by atoms with Gasteiger partial charge in [-0.15, -0.1) is 6.58 Å². The molecule has 0 saturated carbocycles. The van der Waals surface area contributed by atoms with Crippen LogP contribution >= 0.6 is 0 Å². The molecular formula is C12H20N2O2. The smallest absolute Gasteiger partial charge is 0.245 e. The number of rotatable bonds is 4. The Morgan fingerprint density at radius 3 is 2.81 bits per heavy atom. The molecule has 16 heavy (non-hydrogen) atoms. The van der Waals surface area contributed by atoms with E-state index in [1.54, 1.807) is 11.0 Å². The van der Waals surface area contributed by atoms with Gasteiger partial charge in [0.15, 0.2) is 0 Å². The van der Waals surface area contributed by atoms with Crippen LogP contribution in [0.2, 0.25) is 0 Å². The van der Waals surface area contributed by atoms with Gasteiger partial charge in [0.25, 0.3) is 0 Å². The van der Waals surface area contributed by atoms with Gasteiger partial charge in [-0.1, -0.05) is 19.4 Å². The van der Waals surface area contributed by atoms with Gasteiger partial charge >= 0.3 is 0 Å². The quantitative estimate of drug-likeness (QED) is 0.726. The molecular weight excluding hydrogens is 204 g/mol. The van der Waals surface area contributed by atoms with Crippen molar-refractivity contribution in [1.29, 1.82) is 0 Å². The summed E-state index contributed by atoms with van der Waals surface area (Å²) in [6.07, 6.45) is 3.66. The molecule has 90 valence electrons. The highest BCUT2D eigenvalue weighted by molar-refractivity contribution is 5.90. The van der Waals surface area contributed by atoms with Crippen molar-refractivity contribution in [2.45, 2.75) is 45.2 Å². The zero-order valence-electron chi connectivity index (χ0n) is 10.0. The molecule has 0 aromatic heterocycles. The molecule has 1 heterocycles. The number of carbonyl (C=O) groups excluding carboxylic acids is 2. The first-order valence-corrected chi connectivity index (χ1v) is 5.80. The zero-order valence-corrected chi connectivity index (χ0v) is 10.0. The molecule has 0 aromatic rings. The summed E-state index contributed by atoms with van der Waals surface area (Å²) in [5.41, 5.74) is 0. The predicted octanol–water partition coefficient (Wildman–Crippen LogP) is 1.08. The number of amides is 2. The fraction of sp³-hybridized carbons (Fsp3) is 0.667. The Hall–Kier alpha value is -1.32. The summed E-state index contributed by atoms with van der Waals surface area (Å²) in [6, 6.07) is -0.408. The number of carbonyl (C=O) groups is 2. The Morgan fingerprint density at radius 2 is 2.25 bits per heavy atom. The largest absolute Gasteiger partial charge is 0.344 e. The van der Waals surface area contributed by atoms with E-state index in [-0.39, 0.29) is 23.9 Å². The second kappa shape index (κ2) is 5.68. The first kappa shape index (κ1) is 12.7. The maximum atomic E-state index is 12.1. The topological polar surface area (TPSA) is 49.4 Å². The molecule has 2 atom stereocenters. The lowest BCUT2D eigenvalue weighted by atomic mass is 10.1. The minimum atomic E-state index is -0.359. The number of hydrogen-bond acceptors (Lipinski definition) is 2.